The zero-order chi connectivity index (χ0) is 12.4. The third kappa shape index (κ3) is 2.83. The number of aliphatic hydroxyl groups excluding tert-OH is 1. The number of rotatable bonds is 3. The van der Waals surface area contributed by atoms with Gasteiger partial charge in [0.2, 0.25) is 0 Å². The first kappa shape index (κ1) is 12.9. The number of hydrogen-bond acceptors (Lipinski definition) is 2. The lowest BCUT2D eigenvalue weighted by Crippen LogP contribution is -2.22. The molecular weight excluding hydrogens is 278 g/mol. The van der Waals surface area contributed by atoms with E-state index in [-0.39, 0.29) is 6.61 Å². The molecule has 1 N–H and O–H groups in total. The second-order valence-corrected chi connectivity index (χ2v) is 6.09. The first-order chi connectivity index (χ1) is 8.11. The van der Waals surface area contributed by atoms with Gasteiger partial charge in [0.25, 0.3) is 0 Å². The van der Waals surface area contributed by atoms with Crippen molar-refractivity contribution in [2.24, 2.45) is 11.8 Å². The minimum atomic E-state index is 0.117. The second-order valence-electron chi connectivity index (χ2n) is 5.17. The van der Waals surface area contributed by atoms with Gasteiger partial charge in [-0.05, 0) is 30.4 Å². The largest absolute Gasteiger partial charge is 0.392 e. The summed E-state index contributed by atoms with van der Waals surface area (Å²) in [4.78, 5) is 2.40. The standard InChI is InChI=1S/C14H20BrNO/c1-10(2)11-5-6-16(8-11)14-7-13(15)4-3-12(14)9-17/h3-4,7,10-11,17H,5-6,8-9H2,1-2H3. The summed E-state index contributed by atoms with van der Waals surface area (Å²) < 4.78 is 1.08. The Hall–Kier alpha value is -0.540. The molecule has 1 unspecified atom stereocenters. The molecule has 1 atom stereocenters. The highest BCUT2D eigenvalue weighted by molar-refractivity contribution is 9.10. The van der Waals surface area contributed by atoms with Gasteiger partial charge in [0.1, 0.15) is 0 Å². The Kier molecular flexibility index (Phi) is 4.10. The molecule has 1 aromatic carbocycles. The first-order valence-corrected chi connectivity index (χ1v) is 7.05. The number of aliphatic hydroxyl groups is 1. The topological polar surface area (TPSA) is 23.5 Å². The van der Waals surface area contributed by atoms with Gasteiger partial charge in [-0.15, -0.1) is 0 Å². The van der Waals surface area contributed by atoms with Crippen LogP contribution in [0.25, 0.3) is 0 Å². The molecule has 0 aliphatic carbocycles. The SMILES string of the molecule is CC(C)C1CCN(c2cc(Br)ccc2CO)C1. The van der Waals surface area contributed by atoms with Crippen molar-refractivity contribution in [2.75, 3.05) is 18.0 Å². The van der Waals surface area contributed by atoms with E-state index in [0.29, 0.717) is 0 Å². The van der Waals surface area contributed by atoms with Crippen LogP contribution in [-0.2, 0) is 6.61 Å². The lowest BCUT2D eigenvalue weighted by Gasteiger charge is -2.22. The van der Waals surface area contributed by atoms with Gasteiger partial charge in [-0.3, -0.25) is 0 Å². The predicted molar refractivity (Wildman–Crippen MR) is 75.2 cm³/mol. The number of hydrogen-bond donors (Lipinski definition) is 1. The highest BCUT2D eigenvalue weighted by Crippen LogP contribution is 2.32. The van der Waals surface area contributed by atoms with Gasteiger partial charge >= 0.3 is 0 Å². The Morgan fingerprint density at radius 1 is 1.47 bits per heavy atom. The molecule has 1 aliphatic rings. The van der Waals surface area contributed by atoms with Crippen LogP contribution in [0.4, 0.5) is 5.69 Å². The Morgan fingerprint density at radius 2 is 2.24 bits per heavy atom. The third-order valence-corrected chi connectivity index (χ3v) is 4.22. The number of nitrogens with zero attached hydrogens (tertiary/aromatic N) is 1. The van der Waals surface area contributed by atoms with Gasteiger partial charge in [-0.1, -0.05) is 35.8 Å². The van der Waals surface area contributed by atoms with Crippen molar-refractivity contribution in [3.8, 4) is 0 Å². The molecule has 1 aromatic rings. The van der Waals surface area contributed by atoms with Crippen LogP contribution in [0.5, 0.6) is 0 Å². The van der Waals surface area contributed by atoms with Crippen LogP contribution in [0.2, 0.25) is 0 Å². The molecule has 2 nitrogen and oxygen atoms in total. The molecule has 1 aliphatic heterocycles. The minimum absolute atomic E-state index is 0.117. The zero-order valence-electron chi connectivity index (χ0n) is 10.5. The first-order valence-electron chi connectivity index (χ1n) is 6.26. The van der Waals surface area contributed by atoms with Gasteiger partial charge in [0.15, 0.2) is 0 Å². The van der Waals surface area contributed by atoms with E-state index >= 15 is 0 Å². The molecule has 1 saturated heterocycles. The van der Waals surface area contributed by atoms with Crippen molar-refractivity contribution in [2.45, 2.75) is 26.9 Å². The summed E-state index contributed by atoms with van der Waals surface area (Å²) in [5.41, 5.74) is 2.21. The lowest BCUT2D eigenvalue weighted by molar-refractivity contribution is 0.282. The Morgan fingerprint density at radius 3 is 2.82 bits per heavy atom. The summed E-state index contributed by atoms with van der Waals surface area (Å²) in [5.74, 6) is 1.52. The van der Waals surface area contributed by atoms with E-state index in [1.54, 1.807) is 0 Å². The monoisotopic (exact) mass is 297 g/mol. The highest BCUT2D eigenvalue weighted by atomic mass is 79.9. The molecule has 0 spiro atoms. The van der Waals surface area contributed by atoms with E-state index in [0.717, 1.165) is 35.0 Å². The molecule has 1 fully saturated rings. The molecule has 0 bridgehead atoms. The van der Waals surface area contributed by atoms with Crippen LogP contribution < -0.4 is 4.90 Å². The van der Waals surface area contributed by atoms with Gasteiger partial charge in [0.05, 0.1) is 6.61 Å². The number of benzene rings is 1. The fraction of sp³-hybridized carbons (Fsp3) is 0.571. The Labute approximate surface area is 112 Å². The molecule has 17 heavy (non-hydrogen) atoms. The molecule has 0 amide bonds. The van der Waals surface area contributed by atoms with Crippen molar-refractivity contribution < 1.29 is 5.11 Å². The molecule has 2 rings (SSSR count). The minimum Gasteiger partial charge on any atom is -0.392 e. The summed E-state index contributed by atoms with van der Waals surface area (Å²) >= 11 is 3.51. The molecule has 1 heterocycles. The van der Waals surface area contributed by atoms with Crippen LogP contribution in [0.3, 0.4) is 0 Å². The van der Waals surface area contributed by atoms with E-state index in [4.69, 9.17) is 0 Å². The van der Waals surface area contributed by atoms with Crippen molar-refractivity contribution in [3.63, 3.8) is 0 Å². The van der Waals surface area contributed by atoms with Gasteiger partial charge in [0, 0.05) is 28.8 Å². The lowest BCUT2D eigenvalue weighted by atomic mass is 9.95. The summed E-state index contributed by atoms with van der Waals surface area (Å²) in [6.45, 7) is 6.92. The highest BCUT2D eigenvalue weighted by Gasteiger charge is 2.26. The van der Waals surface area contributed by atoms with Gasteiger partial charge < -0.3 is 10.0 Å². The average molecular weight is 298 g/mol. The van der Waals surface area contributed by atoms with E-state index in [1.165, 1.54) is 12.1 Å². The van der Waals surface area contributed by atoms with Crippen LogP contribution in [0.1, 0.15) is 25.8 Å². The van der Waals surface area contributed by atoms with Crippen molar-refractivity contribution >= 4 is 21.6 Å². The summed E-state index contributed by atoms with van der Waals surface area (Å²) in [6, 6.07) is 6.11. The quantitative estimate of drug-likeness (QED) is 0.924. The fourth-order valence-electron chi connectivity index (χ4n) is 2.52. The fourth-order valence-corrected chi connectivity index (χ4v) is 2.86. The molecule has 0 radical (unpaired) electrons. The number of anilines is 1. The smallest absolute Gasteiger partial charge is 0.0702 e. The zero-order valence-corrected chi connectivity index (χ0v) is 12.1. The van der Waals surface area contributed by atoms with E-state index in [2.05, 4.69) is 40.7 Å². The third-order valence-electron chi connectivity index (χ3n) is 3.73. The second kappa shape index (κ2) is 5.40. The summed E-state index contributed by atoms with van der Waals surface area (Å²) in [7, 11) is 0. The summed E-state index contributed by atoms with van der Waals surface area (Å²) in [6.07, 6.45) is 1.26. The maximum absolute atomic E-state index is 9.40. The van der Waals surface area contributed by atoms with Crippen LogP contribution in [-0.4, -0.2) is 18.2 Å². The summed E-state index contributed by atoms with van der Waals surface area (Å²) in [5, 5.41) is 9.40. The van der Waals surface area contributed by atoms with E-state index in [1.807, 2.05) is 12.1 Å². The maximum Gasteiger partial charge on any atom is 0.0702 e. The van der Waals surface area contributed by atoms with Crippen LogP contribution in [0, 0.1) is 11.8 Å². The van der Waals surface area contributed by atoms with Crippen molar-refractivity contribution in [1.29, 1.82) is 0 Å². The normalized spacial score (nSPS) is 20.3. The average Bonchev–Trinajstić information content (AvgIpc) is 2.78. The Bertz CT molecular complexity index is 392. The maximum atomic E-state index is 9.40. The van der Waals surface area contributed by atoms with Crippen molar-refractivity contribution in [3.05, 3.63) is 28.2 Å². The molecule has 3 heteroatoms. The molecule has 94 valence electrons. The van der Waals surface area contributed by atoms with Gasteiger partial charge in [-0.25, -0.2) is 0 Å². The van der Waals surface area contributed by atoms with E-state index in [9.17, 15) is 5.11 Å². The Balaban J connectivity index is 2.20. The predicted octanol–water partition coefficient (Wildman–Crippen LogP) is 3.42. The van der Waals surface area contributed by atoms with E-state index < -0.39 is 0 Å². The molecule has 0 saturated carbocycles. The van der Waals surface area contributed by atoms with Crippen LogP contribution in [0.15, 0.2) is 22.7 Å². The molecule has 0 aromatic heterocycles. The molecular formula is C14H20BrNO. The van der Waals surface area contributed by atoms with Gasteiger partial charge in [-0.2, -0.15) is 0 Å². The van der Waals surface area contributed by atoms with Crippen LogP contribution >= 0.6 is 15.9 Å². The number of halogens is 1. The van der Waals surface area contributed by atoms with Crippen molar-refractivity contribution in [1.82, 2.24) is 0 Å².